The Morgan fingerprint density at radius 3 is 2.30 bits per heavy atom. The van der Waals surface area contributed by atoms with Gasteiger partial charge in [0.1, 0.15) is 5.75 Å². The molecule has 0 spiro atoms. The highest BCUT2D eigenvalue weighted by atomic mass is 35.5. The molecule has 40 heavy (non-hydrogen) atoms. The van der Waals surface area contributed by atoms with Crippen LogP contribution in [-0.4, -0.2) is 76.3 Å². The van der Waals surface area contributed by atoms with E-state index in [-0.39, 0.29) is 47.5 Å². The largest absolute Gasteiger partial charge is 0.506 e. The van der Waals surface area contributed by atoms with E-state index in [1.807, 2.05) is 9.80 Å². The van der Waals surface area contributed by atoms with Gasteiger partial charge in [-0.25, -0.2) is 0 Å². The number of nitrogens with two attached hydrogens (primary N) is 4. The molecule has 2 aliphatic heterocycles. The van der Waals surface area contributed by atoms with E-state index in [2.05, 4.69) is 20.6 Å². The van der Waals surface area contributed by atoms with Gasteiger partial charge in [-0.05, 0) is 49.2 Å². The fraction of sp³-hybridized carbons (Fsp3) is 0.385. The maximum Gasteiger partial charge on any atom is 0.255 e. The van der Waals surface area contributed by atoms with Crippen LogP contribution in [0.1, 0.15) is 23.2 Å². The van der Waals surface area contributed by atoms with Crippen molar-refractivity contribution in [1.29, 1.82) is 0 Å². The number of hydrogen-bond donors (Lipinski definition) is 7. The third-order valence-electron chi connectivity index (χ3n) is 6.99. The van der Waals surface area contributed by atoms with Crippen LogP contribution in [0.2, 0.25) is 5.02 Å². The maximum atomic E-state index is 12.6. The highest BCUT2D eigenvalue weighted by molar-refractivity contribution is 6.30. The molecule has 0 radical (unpaired) electrons. The number of nitrogens with zero attached hydrogens (tertiary/aromatic N) is 5. The van der Waals surface area contributed by atoms with Crippen LogP contribution in [0.4, 0.5) is 29.2 Å². The van der Waals surface area contributed by atoms with Crippen LogP contribution in [0.25, 0.3) is 0 Å². The molecule has 0 bridgehead atoms. The number of phenols is 1. The van der Waals surface area contributed by atoms with Gasteiger partial charge in [0.25, 0.3) is 5.91 Å². The van der Waals surface area contributed by atoms with Gasteiger partial charge < -0.3 is 48.5 Å². The zero-order chi connectivity index (χ0) is 28.4. The molecule has 3 aromatic rings. The van der Waals surface area contributed by atoms with E-state index in [1.54, 1.807) is 36.4 Å². The van der Waals surface area contributed by atoms with Crippen molar-refractivity contribution in [2.24, 2.45) is 22.9 Å². The summed E-state index contributed by atoms with van der Waals surface area (Å²) >= 11 is 5.90. The van der Waals surface area contributed by atoms with Crippen molar-refractivity contribution in [2.75, 3.05) is 46.6 Å². The van der Waals surface area contributed by atoms with E-state index in [0.29, 0.717) is 54.3 Å². The first-order chi connectivity index (χ1) is 19.2. The Labute approximate surface area is 236 Å². The molecule has 212 valence electrons. The second kappa shape index (κ2) is 11.8. The Morgan fingerprint density at radius 1 is 0.950 bits per heavy atom. The van der Waals surface area contributed by atoms with E-state index < -0.39 is 0 Å². The first-order valence-electron chi connectivity index (χ1n) is 13.1. The molecule has 11 N–H and O–H groups in total. The molecule has 5 rings (SSSR count). The molecule has 0 aliphatic carbocycles. The molecular weight excluding hydrogens is 534 g/mol. The first-order valence-corrected chi connectivity index (χ1v) is 13.5. The minimum atomic E-state index is -0.379. The van der Waals surface area contributed by atoms with Crippen LogP contribution in [0.3, 0.4) is 0 Å². The number of anilines is 5. The normalized spacial score (nSPS) is 22.8. The van der Waals surface area contributed by atoms with Gasteiger partial charge in [-0.1, -0.05) is 11.6 Å². The summed E-state index contributed by atoms with van der Waals surface area (Å²) in [7, 11) is 0. The van der Waals surface area contributed by atoms with Gasteiger partial charge in [0, 0.05) is 72.7 Å². The van der Waals surface area contributed by atoms with E-state index in [4.69, 9.17) is 39.5 Å². The summed E-state index contributed by atoms with van der Waals surface area (Å²) in [6.07, 6.45) is 1.45. The molecule has 14 heteroatoms. The van der Waals surface area contributed by atoms with Gasteiger partial charge in [-0.15, -0.1) is 0 Å². The zero-order valence-electron chi connectivity index (χ0n) is 21.9. The number of benzene rings is 2. The number of amides is 1. The Bertz CT molecular complexity index is 1350. The number of phenolic OH excluding ortho intramolecular Hbond substituents is 1. The number of aromatic hydroxyl groups is 1. The number of carbonyl (C=O) groups is 1. The van der Waals surface area contributed by atoms with Crippen molar-refractivity contribution in [3.8, 4) is 5.75 Å². The van der Waals surface area contributed by atoms with Crippen molar-refractivity contribution >= 4 is 46.7 Å². The number of halogens is 1. The molecule has 1 aromatic heterocycles. The average molecular weight is 568 g/mol. The van der Waals surface area contributed by atoms with Crippen LogP contribution in [0.15, 0.2) is 42.5 Å². The molecular formula is C26H34ClN11O2. The minimum absolute atomic E-state index is 0.00320. The van der Waals surface area contributed by atoms with Crippen molar-refractivity contribution in [3.05, 3.63) is 53.1 Å². The van der Waals surface area contributed by atoms with Gasteiger partial charge in [0.05, 0.1) is 5.69 Å². The molecule has 2 aliphatic rings. The molecule has 3 heterocycles. The number of hydrogen-bond acceptors (Lipinski definition) is 12. The fourth-order valence-corrected chi connectivity index (χ4v) is 5.21. The van der Waals surface area contributed by atoms with Crippen molar-refractivity contribution in [1.82, 2.24) is 15.0 Å². The monoisotopic (exact) mass is 567 g/mol. The lowest BCUT2D eigenvalue weighted by Gasteiger charge is -2.35. The molecule has 0 saturated carbocycles. The summed E-state index contributed by atoms with van der Waals surface area (Å²) in [5, 5.41) is 17.0. The number of aromatic nitrogens is 3. The average Bonchev–Trinajstić information content (AvgIpc) is 3.30. The molecule has 2 aromatic carbocycles. The Kier molecular flexibility index (Phi) is 8.19. The van der Waals surface area contributed by atoms with E-state index >= 15 is 0 Å². The van der Waals surface area contributed by atoms with Gasteiger partial charge in [0.15, 0.2) is 0 Å². The number of piperidine rings is 1. The topological polar surface area (TPSA) is 211 Å². The number of rotatable bonds is 7. The summed E-state index contributed by atoms with van der Waals surface area (Å²) in [5.41, 5.74) is 25.9. The Balaban J connectivity index is 1.40. The summed E-state index contributed by atoms with van der Waals surface area (Å²) in [6, 6.07) is 10.9. The summed E-state index contributed by atoms with van der Waals surface area (Å²) < 4.78 is 0. The molecule has 2 fully saturated rings. The van der Waals surface area contributed by atoms with Gasteiger partial charge in [0.2, 0.25) is 17.8 Å². The number of nitrogens with one attached hydrogen (secondary N) is 2. The molecule has 4 atom stereocenters. The third kappa shape index (κ3) is 6.35. The van der Waals surface area contributed by atoms with E-state index in [9.17, 15) is 9.90 Å². The SMILES string of the molecule is NC[C@@H]1C[C@H](N)CN1c1nc(Nc2ccc(NC(=O)c3ccc(Cl)cc3)c(O)c2)nc(N2C[C@H](N)C[C@H](N)C2)n1. The maximum absolute atomic E-state index is 12.6. The van der Waals surface area contributed by atoms with E-state index in [0.717, 1.165) is 12.8 Å². The van der Waals surface area contributed by atoms with Crippen LogP contribution in [-0.2, 0) is 0 Å². The fourth-order valence-electron chi connectivity index (χ4n) is 5.08. The van der Waals surface area contributed by atoms with Crippen LogP contribution in [0.5, 0.6) is 5.75 Å². The number of carbonyl (C=O) groups excluding carboxylic acids is 1. The quantitative estimate of drug-likeness (QED) is 0.199. The van der Waals surface area contributed by atoms with Crippen LogP contribution >= 0.6 is 11.6 Å². The predicted octanol–water partition coefficient (Wildman–Crippen LogP) is 0.956. The highest BCUT2D eigenvalue weighted by Crippen LogP contribution is 2.30. The summed E-state index contributed by atoms with van der Waals surface area (Å²) in [6.45, 7) is 2.08. The standard InChI is InChI=1S/C26H34ClN11O2/c27-15-3-1-14(2-4-15)23(40)33-21-6-5-19(9-22(21)39)32-24-34-25(37-11-16(29)7-17(30)12-37)36-26(35-24)38-13-18(31)8-20(38)10-28/h1-6,9,16-18,20,39H,7-8,10-13,28-31H2,(H,33,40)(H,32,34,35,36)/t16-,17+,18-,20-/m0/s1. The van der Waals surface area contributed by atoms with Crippen molar-refractivity contribution < 1.29 is 9.90 Å². The van der Waals surface area contributed by atoms with E-state index in [1.165, 1.54) is 6.07 Å². The predicted molar refractivity (Wildman–Crippen MR) is 156 cm³/mol. The Morgan fingerprint density at radius 2 is 1.62 bits per heavy atom. The van der Waals surface area contributed by atoms with Gasteiger partial charge >= 0.3 is 0 Å². The lowest BCUT2D eigenvalue weighted by molar-refractivity contribution is 0.102. The Hall–Kier alpha value is -3.75. The molecule has 2 saturated heterocycles. The van der Waals surface area contributed by atoms with Crippen LogP contribution in [0, 0.1) is 0 Å². The summed E-state index contributed by atoms with van der Waals surface area (Å²) in [5.74, 6) is 0.630. The smallest absolute Gasteiger partial charge is 0.255 e. The molecule has 0 unspecified atom stereocenters. The van der Waals surface area contributed by atoms with Crippen molar-refractivity contribution in [3.63, 3.8) is 0 Å². The first kappa shape index (κ1) is 27.8. The lowest BCUT2D eigenvalue weighted by atomic mass is 10.0. The molecule has 1 amide bonds. The zero-order valence-corrected chi connectivity index (χ0v) is 22.6. The van der Waals surface area contributed by atoms with Gasteiger partial charge in [-0.3, -0.25) is 4.79 Å². The van der Waals surface area contributed by atoms with Gasteiger partial charge in [-0.2, -0.15) is 15.0 Å². The minimum Gasteiger partial charge on any atom is -0.506 e. The second-order valence-electron chi connectivity index (χ2n) is 10.3. The second-order valence-corrected chi connectivity index (χ2v) is 10.7. The summed E-state index contributed by atoms with van der Waals surface area (Å²) in [4.78, 5) is 30.6. The highest BCUT2D eigenvalue weighted by Gasteiger charge is 2.33. The lowest BCUT2D eigenvalue weighted by Crippen LogP contribution is -2.53. The molecule has 13 nitrogen and oxygen atoms in total. The van der Waals surface area contributed by atoms with Crippen LogP contribution < -0.4 is 43.4 Å². The third-order valence-corrected chi connectivity index (χ3v) is 7.25. The van der Waals surface area contributed by atoms with Crippen molar-refractivity contribution in [2.45, 2.75) is 37.0 Å².